The Balaban J connectivity index is 1.67. The number of hydrogen-bond acceptors (Lipinski definition) is 3. The summed E-state index contributed by atoms with van der Waals surface area (Å²) in [7, 11) is 1.70. The number of benzene rings is 1. The minimum absolute atomic E-state index is 0.0692. The lowest BCUT2D eigenvalue weighted by Crippen LogP contribution is -2.34. The topological polar surface area (TPSA) is 35.5 Å². The van der Waals surface area contributed by atoms with Crippen molar-refractivity contribution in [3.8, 4) is 0 Å². The molecule has 3 atom stereocenters. The van der Waals surface area contributed by atoms with Gasteiger partial charge in [-0.05, 0) is 37.3 Å². The number of carbonyl (C=O) groups excluding carboxylic acids is 1. The van der Waals surface area contributed by atoms with Gasteiger partial charge >= 0.3 is 5.97 Å². The summed E-state index contributed by atoms with van der Waals surface area (Å²) in [6.07, 6.45) is 5.72. The van der Waals surface area contributed by atoms with Crippen LogP contribution < -0.4 is 0 Å². The first-order valence-corrected chi connectivity index (χ1v) is 7.62. The molecule has 1 aliphatic carbocycles. The lowest BCUT2D eigenvalue weighted by molar-refractivity contribution is -0.148. The molecule has 3 nitrogen and oxygen atoms in total. The minimum atomic E-state index is -0.443. The smallest absolute Gasteiger partial charge is 0.316 e. The number of ether oxygens (including phenoxy) is 2. The van der Waals surface area contributed by atoms with Crippen LogP contribution in [0.5, 0.6) is 0 Å². The van der Waals surface area contributed by atoms with Crippen molar-refractivity contribution in [3.05, 3.63) is 47.5 Å². The second kappa shape index (κ2) is 5.64. The van der Waals surface area contributed by atoms with E-state index < -0.39 is 5.41 Å². The molecule has 1 fully saturated rings. The SMILES string of the molecule is COC1C(CCCc2ccccc2)=CC2(C)CC1OC2=O. The molecule has 3 rings (SSSR count). The average molecular weight is 286 g/mol. The fraction of sp³-hybridized carbons (Fsp3) is 0.500. The van der Waals surface area contributed by atoms with Crippen LogP contribution in [0, 0.1) is 5.41 Å². The van der Waals surface area contributed by atoms with Gasteiger partial charge in [0.05, 0.1) is 5.41 Å². The monoisotopic (exact) mass is 286 g/mol. The van der Waals surface area contributed by atoms with Gasteiger partial charge < -0.3 is 9.47 Å². The molecular formula is C18H22O3. The molecule has 0 radical (unpaired) electrons. The normalized spacial score (nSPS) is 31.0. The van der Waals surface area contributed by atoms with Crippen molar-refractivity contribution in [1.82, 2.24) is 0 Å². The van der Waals surface area contributed by atoms with Gasteiger partial charge in [0.15, 0.2) is 0 Å². The van der Waals surface area contributed by atoms with Crippen LogP contribution in [-0.2, 0) is 20.7 Å². The molecule has 0 aromatic heterocycles. The van der Waals surface area contributed by atoms with Gasteiger partial charge in [0.2, 0.25) is 0 Å². The maximum Gasteiger partial charge on any atom is 0.316 e. The van der Waals surface area contributed by atoms with Gasteiger partial charge in [-0.1, -0.05) is 36.4 Å². The molecule has 21 heavy (non-hydrogen) atoms. The molecule has 1 aromatic carbocycles. The van der Waals surface area contributed by atoms with E-state index in [1.165, 1.54) is 11.1 Å². The number of hydrogen-bond donors (Lipinski definition) is 0. The highest BCUT2D eigenvalue weighted by molar-refractivity contribution is 5.82. The third kappa shape index (κ3) is 2.75. The predicted octanol–water partition coefficient (Wildman–Crippen LogP) is 3.29. The Morgan fingerprint density at radius 2 is 2.05 bits per heavy atom. The molecule has 2 aliphatic rings. The second-order valence-corrected chi connectivity index (χ2v) is 6.28. The summed E-state index contributed by atoms with van der Waals surface area (Å²) >= 11 is 0. The molecule has 0 spiro atoms. The maximum absolute atomic E-state index is 12.0. The van der Waals surface area contributed by atoms with E-state index >= 15 is 0 Å². The molecule has 1 saturated heterocycles. The number of methoxy groups -OCH3 is 1. The van der Waals surface area contributed by atoms with Crippen molar-refractivity contribution in [3.63, 3.8) is 0 Å². The molecule has 0 N–H and O–H groups in total. The first kappa shape index (κ1) is 14.3. The van der Waals surface area contributed by atoms with Crippen LogP contribution in [0.15, 0.2) is 42.0 Å². The summed E-state index contributed by atoms with van der Waals surface area (Å²) < 4.78 is 11.1. The summed E-state index contributed by atoms with van der Waals surface area (Å²) in [6.45, 7) is 1.97. The summed E-state index contributed by atoms with van der Waals surface area (Å²) in [4.78, 5) is 12.0. The zero-order valence-corrected chi connectivity index (χ0v) is 12.7. The van der Waals surface area contributed by atoms with Gasteiger partial charge in [-0.2, -0.15) is 0 Å². The van der Waals surface area contributed by atoms with Crippen LogP contribution in [-0.4, -0.2) is 25.3 Å². The van der Waals surface area contributed by atoms with Crippen molar-refractivity contribution >= 4 is 5.97 Å². The van der Waals surface area contributed by atoms with Crippen LogP contribution in [0.4, 0.5) is 0 Å². The molecule has 1 aromatic rings. The van der Waals surface area contributed by atoms with Gasteiger partial charge in [0, 0.05) is 13.5 Å². The van der Waals surface area contributed by atoms with Crippen molar-refractivity contribution in [2.45, 2.75) is 44.8 Å². The van der Waals surface area contributed by atoms with E-state index in [0.29, 0.717) is 0 Å². The fourth-order valence-electron chi connectivity index (χ4n) is 3.49. The quantitative estimate of drug-likeness (QED) is 0.615. The summed E-state index contributed by atoms with van der Waals surface area (Å²) in [5, 5.41) is 0. The summed E-state index contributed by atoms with van der Waals surface area (Å²) in [5.74, 6) is -0.104. The fourth-order valence-corrected chi connectivity index (χ4v) is 3.49. The number of esters is 1. The van der Waals surface area contributed by atoms with Crippen molar-refractivity contribution in [2.24, 2.45) is 5.41 Å². The Morgan fingerprint density at radius 3 is 2.76 bits per heavy atom. The highest BCUT2D eigenvalue weighted by Gasteiger charge is 2.51. The van der Waals surface area contributed by atoms with E-state index in [4.69, 9.17) is 9.47 Å². The largest absolute Gasteiger partial charge is 0.459 e. The van der Waals surface area contributed by atoms with Gasteiger partial charge in [0.1, 0.15) is 12.2 Å². The van der Waals surface area contributed by atoms with E-state index in [2.05, 4.69) is 30.3 Å². The molecule has 1 heterocycles. The van der Waals surface area contributed by atoms with E-state index in [1.54, 1.807) is 7.11 Å². The van der Waals surface area contributed by atoms with Crippen molar-refractivity contribution < 1.29 is 14.3 Å². The average Bonchev–Trinajstić information content (AvgIpc) is 2.71. The minimum Gasteiger partial charge on any atom is -0.459 e. The number of carbonyl (C=O) groups is 1. The summed E-state index contributed by atoms with van der Waals surface area (Å²) in [5.41, 5.74) is 2.13. The van der Waals surface area contributed by atoms with Crippen molar-refractivity contribution in [2.75, 3.05) is 7.11 Å². The third-order valence-corrected chi connectivity index (χ3v) is 4.58. The lowest BCUT2D eigenvalue weighted by Gasteiger charge is -2.29. The first-order valence-electron chi connectivity index (χ1n) is 7.62. The Labute approximate surface area is 125 Å². The standard InChI is InChI=1S/C18H22O3/c1-18-11-14(10-6-9-13-7-4-3-5-8-13)16(20-2)15(12-18)21-17(18)19/h3-5,7-8,11,15-16H,6,9-10,12H2,1-2H3. The summed E-state index contributed by atoms with van der Waals surface area (Å²) in [6, 6.07) is 10.5. The van der Waals surface area contributed by atoms with Crippen LogP contribution in [0.2, 0.25) is 0 Å². The molecular weight excluding hydrogens is 264 g/mol. The molecule has 3 unspecified atom stereocenters. The molecule has 0 saturated carbocycles. The molecule has 0 amide bonds. The highest BCUT2D eigenvalue weighted by atomic mass is 16.6. The number of aryl methyl sites for hydroxylation is 1. The Hall–Kier alpha value is -1.61. The van der Waals surface area contributed by atoms with Crippen molar-refractivity contribution in [1.29, 1.82) is 0 Å². The number of fused-ring (bicyclic) bond motifs is 2. The van der Waals surface area contributed by atoms with E-state index in [1.807, 2.05) is 13.0 Å². The highest BCUT2D eigenvalue weighted by Crippen LogP contribution is 2.44. The van der Waals surface area contributed by atoms with Gasteiger partial charge in [0.25, 0.3) is 0 Å². The van der Waals surface area contributed by atoms with E-state index in [-0.39, 0.29) is 18.2 Å². The Morgan fingerprint density at radius 1 is 1.29 bits per heavy atom. The van der Waals surface area contributed by atoms with E-state index in [0.717, 1.165) is 25.7 Å². The molecule has 112 valence electrons. The first-order chi connectivity index (χ1) is 10.1. The van der Waals surface area contributed by atoms with Gasteiger partial charge in [-0.3, -0.25) is 4.79 Å². The molecule has 1 aliphatic heterocycles. The molecule has 2 bridgehead atoms. The predicted molar refractivity (Wildman–Crippen MR) is 80.9 cm³/mol. The van der Waals surface area contributed by atoms with Crippen LogP contribution in [0.1, 0.15) is 31.7 Å². The van der Waals surface area contributed by atoms with Crippen LogP contribution >= 0.6 is 0 Å². The van der Waals surface area contributed by atoms with Gasteiger partial charge in [-0.15, -0.1) is 0 Å². The second-order valence-electron chi connectivity index (χ2n) is 6.28. The Bertz CT molecular complexity index is 549. The van der Waals surface area contributed by atoms with Crippen LogP contribution in [0.3, 0.4) is 0 Å². The lowest BCUT2D eigenvalue weighted by atomic mass is 9.76. The van der Waals surface area contributed by atoms with Crippen LogP contribution in [0.25, 0.3) is 0 Å². The van der Waals surface area contributed by atoms with E-state index in [9.17, 15) is 4.79 Å². The maximum atomic E-state index is 12.0. The van der Waals surface area contributed by atoms with Gasteiger partial charge in [-0.25, -0.2) is 0 Å². The molecule has 3 heteroatoms. The Kier molecular flexibility index (Phi) is 3.85. The zero-order valence-electron chi connectivity index (χ0n) is 12.7. The number of rotatable bonds is 5. The zero-order chi connectivity index (χ0) is 14.9. The third-order valence-electron chi connectivity index (χ3n) is 4.58.